The average molecular weight is 307 g/mol. The molecule has 0 atom stereocenters. The maximum Gasteiger partial charge on any atom is 0.348 e. The van der Waals surface area contributed by atoms with Gasteiger partial charge in [-0.15, -0.1) is 0 Å². The summed E-state index contributed by atoms with van der Waals surface area (Å²) in [6.45, 7) is 0.127. The summed E-state index contributed by atoms with van der Waals surface area (Å²) in [5.74, 6) is 6.29. The maximum absolute atomic E-state index is 11.7. The number of aromatic nitrogens is 6. The van der Waals surface area contributed by atoms with Crippen molar-refractivity contribution in [1.29, 1.82) is 0 Å². The topological polar surface area (TPSA) is 117 Å². The number of nitrogen functional groups attached to an aromatic ring is 1. The zero-order valence-electron chi connectivity index (χ0n) is 11.0. The molecule has 0 spiro atoms. The van der Waals surface area contributed by atoms with Gasteiger partial charge in [-0.25, -0.2) is 25.6 Å². The normalized spacial score (nSPS) is 11.0. The molecule has 3 heterocycles. The van der Waals surface area contributed by atoms with Crippen LogP contribution in [-0.4, -0.2) is 29.3 Å². The van der Waals surface area contributed by atoms with Crippen LogP contribution >= 0.6 is 11.6 Å². The van der Waals surface area contributed by atoms with Crippen LogP contribution in [-0.2, 0) is 13.6 Å². The number of fused-ring (bicyclic) bond motifs is 1. The number of nitrogens with two attached hydrogens (primary N) is 1. The molecule has 0 aromatic carbocycles. The van der Waals surface area contributed by atoms with Crippen molar-refractivity contribution in [1.82, 2.24) is 29.3 Å². The lowest BCUT2D eigenvalue weighted by molar-refractivity contribution is 0.689. The second-order valence-corrected chi connectivity index (χ2v) is 4.76. The van der Waals surface area contributed by atoms with E-state index in [1.54, 1.807) is 17.9 Å². The van der Waals surface area contributed by atoms with Crippen LogP contribution in [0.5, 0.6) is 0 Å². The summed E-state index contributed by atoms with van der Waals surface area (Å²) in [6.07, 6.45) is 4.38. The number of hydrogen-bond acceptors (Lipinski definition) is 7. The van der Waals surface area contributed by atoms with E-state index in [1.807, 2.05) is 0 Å². The maximum atomic E-state index is 11.7. The minimum Gasteiger partial charge on any atom is -0.308 e. The molecule has 0 amide bonds. The van der Waals surface area contributed by atoms with E-state index >= 15 is 0 Å². The van der Waals surface area contributed by atoms with Crippen molar-refractivity contribution in [3.63, 3.8) is 0 Å². The predicted molar refractivity (Wildman–Crippen MR) is 76.7 cm³/mol. The number of hydrazine groups is 1. The Labute approximate surface area is 123 Å². The Morgan fingerprint density at radius 3 is 2.95 bits per heavy atom. The van der Waals surface area contributed by atoms with Gasteiger partial charge in [0.25, 0.3) is 0 Å². The second kappa shape index (κ2) is 5.11. The molecule has 0 fully saturated rings. The fourth-order valence-corrected chi connectivity index (χ4v) is 2.11. The highest BCUT2D eigenvalue weighted by atomic mass is 35.5. The van der Waals surface area contributed by atoms with Crippen LogP contribution in [0.1, 0.15) is 5.82 Å². The number of halogens is 1. The molecule has 21 heavy (non-hydrogen) atoms. The third-order valence-electron chi connectivity index (χ3n) is 2.91. The van der Waals surface area contributed by atoms with Crippen molar-refractivity contribution >= 4 is 28.5 Å². The van der Waals surface area contributed by atoms with E-state index in [0.717, 1.165) is 0 Å². The molecule has 0 aliphatic heterocycles. The number of hydrogen-bond donors (Lipinski definition) is 2. The van der Waals surface area contributed by atoms with Crippen LogP contribution < -0.4 is 17.0 Å². The molecular weight excluding hydrogens is 296 g/mol. The highest BCUT2D eigenvalue weighted by Crippen LogP contribution is 2.18. The van der Waals surface area contributed by atoms with E-state index in [4.69, 9.17) is 17.4 Å². The van der Waals surface area contributed by atoms with Crippen molar-refractivity contribution in [2.75, 3.05) is 5.43 Å². The predicted octanol–water partition coefficient (Wildman–Crippen LogP) is -0.0927. The van der Waals surface area contributed by atoms with Gasteiger partial charge in [-0.2, -0.15) is 5.10 Å². The first-order valence-corrected chi connectivity index (χ1v) is 6.33. The van der Waals surface area contributed by atoms with Crippen molar-refractivity contribution in [3.8, 4) is 0 Å². The lowest BCUT2D eigenvalue weighted by Crippen LogP contribution is -2.23. The van der Waals surface area contributed by atoms with Gasteiger partial charge in [0.2, 0.25) is 0 Å². The largest absolute Gasteiger partial charge is 0.348 e. The Hall–Kier alpha value is -2.52. The third kappa shape index (κ3) is 2.43. The number of nitrogens with one attached hydrogen (secondary N) is 1. The minimum absolute atomic E-state index is 0.127. The molecule has 0 saturated heterocycles. The number of rotatable bonds is 3. The molecule has 0 unspecified atom stereocenters. The van der Waals surface area contributed by atoms with Gasteiger partial charge in [-0.05, 0) is 0 Å². The molecule has 108 valence electrons. The number of nitrogens with zero attached hydrogens (tertiary/aromatic N) is 6. The van der Waals surface area contributed by atoms with Gasteiger partial charge in [0.05, 0.1) is 29.3 Å². The molecule has 0 aliphatic carbocycles. The molecule has 0 aliphatic rings. The van der Waals surface area contributed by atoms with Gasteiger partial charge in [0.15, 0.2) is 17.3 Å². The molecule has 3 rings (SSSR count). The Bertz CT molecular complexity index is 870. The van der Waals surface area contributed by atoms with Crippen LogP contribution in [0.3, 0.4) is 0 Å². The van der Waals surface area contributed by atoms with Gasteiger partial charge in [0.1, 0.15) is 0 Å². The van der Waals surface area contributed by atoms with Gasteiger partial charge < -0.3 is 5.43 Å². The molecule has 0 radical (unpaired) electrons. The Kier molecular flexibility index (Phi) is 3.28. The summed E-state index contributed by atoms with van der Waals surface area (Å²) in [5.41, 5.74) is 2.67. The van der Waals surface area contributed by atoms with E-state index in [0.29, 0.717) is 27.7 Å². The SMILES string of the molecule is Cn1ncc2c(NN)nc(Cn3cc(Cl)cnc3=O)nc21. The van der Waals surface area contributed by atoms with Gasteiger partial charge in [-0.1, -0.05) is 11.6 Å². The van der Waals surface area contributed by atoms with E-state index in [-0.39, 0.29) is 6.54 Å². The van der Waals surface area contributed by atoms with Crippen molar-refractivity contribution in [3.05, 3.63) is 39.9 Å². The van der Waals surface area contributed by atoms with E-state index in [9.17, 15) is 4.79 Å². The van der Waals surface area contributed by atoms with E-state index in [2.05, 4.69) is 25.5 Å². The average Bonchev–Trinajstić information content (AvgIpc) is 2.84. The summed E-state index contributed by atoms with van der Waals surface area (Å²) in [6, 6.07) is 0. The molecule has 3 aromatic heterocycles. The number of anilines is 1. The molecule has 10 heteroatoms. The summed E-state index contributed by atoms with van der Waals surface area (Å²) in [4.78, 5) is 24.0. The van der Waals surface area contributed by atoms with Crippen molar-refractivity contribution in [2.45, 2.75) is 6.54 Å². The first kappa shape index (κ1) is 13.5. The lowest BCUT2D eigenvalue weighted by Gasteiger charge is -2.07. The summed E-state index contributed by atoms with van der Waals surface area (Å²) >= 11 is 5.83. The summed E-state index contributed by atoms with van der Waals surface area (Å²) < 4.78 is 2.92. The van der Waals surface area contributed by atoms with Crippen LogP contribution in [0.15, 0.2) is 23.4 Å². The fourth-order valence-electron chi connectivity index (χ4n) is 1.94. The highest BCUT2D eigenvalue weighted by molar-refractivity contribution is 6.30. The van der Waals surface area contributed by atoms with Crippen LogP contribution in [0, 0.1) is 0 Å². The Balaban J connectivity index is 2.10. The molecule has 3 aromatic rings. The molecular formula is C11H11ClN8O. The van der Waals surface area contributed by atoms with Gasteiger partial charge in [0, 0.05) is 13.2 Å². The summed E-state index contributed by atoms with van der Waals surface area (Å²) in [7, 11) is 1.76. The molecule has 3 N–H and O–H groups in total. The van der Waals surface area contributed by atoms with Gasteiger partial charge in [-0.3, -0.25) is 9.25 Å². The number of aryl methyl sites for hydroxylation is 1. The molecule has 9 nitrogen and oxygen atoms in total. The van der Waals surface area contributed by atoms with Gasteiger partial charge >= 0.3 is 5.69 Å². The standard InChI is InChI=1S/C11H11ClN8O/c1-19-10-7(3-15-19)9(18-13)16-8(17-10)5-20-4-6(12)2-14-11(20)21/h2-4H,5,13H2,1H3,(H,16,17,18). The molecule has 0 bridgehead atoms. The quantitative estimate of drug-likeness (QED) is 0.513. The zero-order valence-corrected chi connectivity index (χ0v) is 11.7. The monoisotopic (exact) mass is 306 g/mol. The first-order chi connectivity index (χ1) is 10.1. The van der Waals surface area contributed by atoms with Crippen LogP contribution in [0.2, 0.25) is 5.02 Å². The Morgan fingerprint density at radius 2 is 2.19 bits per heavy atom. The zero-order chi connectivity index (χ0) is 15.0. The fraction of sp³-hybridized carbons (Fsp3) is 0.182. The Morgan fingerprint density at radius 1 is 1.38 bits per heavy atom. The second-order valence-electron chi connectivity index (χ2n) is 4.32. The molecule has 0 saturated carbocycles. The van der Waals surface area contributed by atoms with Crippen LogP contribution in [0.25, 0.3) is 11.0 Å². The minimum atomic E-state index is -0.435. The first-order valence-electron chi connectivity index (χ1n) is 5.95. The lowest BCUT2D eigenvalue weighted by atomic mass is 10.4. The van der Waals surface area contributed by atoms with Crippen molar-refractivity contribution < 1.29 is 0 Å². The smallest absolute Gasteiger partial charge is 0.308 e. The van der Waals surface area contributed by atoms with E-state index < -0.39 is 5.69 Å². The third-order valence-corrected chi connectivity index (χ3v) is 3.11. The summed E-state index contributed by atoms with van der Waals surface area (Å²) in [5, 5.41) is 5.15. The van der Waals surface area contributed by atoms with E-state index in [1.165, 1.54) is 17.0 Å². The highest BCUT2D eigenvalue weighted by Gasteiger charge is 2.11. The van der Waals surface area contributed by atoms with Crippen molar-refractivity contribution in [2.24, 2.45) is 12.9 Å². The van der Waals surface area contributed by atoms with Crippen LogP contribution in [0.4, 0.5) is 5.82 Å².